The maximum Gasteiger partial charge on any atom is 1.00 e. The van der Waals surface area contributed by atoms with Crippen molar-refractivity contribution in [1.82, 2.24) is 15.2 Å². The first-order chi connectivity index (χ1) is 14.4. The number of carbonyl (C=O) groups is 3. The van der Waals surface area contributed by atoms with Crippen LogP contribution in [0.1, 0.15) is 5.69 Å². The molecule has 1 fully saturated rings. The summed E-state index contributed by atoms with van der Waals surface area (Å²) in [6, 6.07) is -0.944. The van der Waals surface area contributed by atoms with Crippen LogP contribution in [0.5, 0.6) is 0 Å². The number of oxime groups is 1. The molecule has 1 aromatic heterocycles. The van der Waals surface area contributed by atoms with Crippen LogP contribution in [0.3, 0.4) is 0 Å². The van der Waals surface area contributed by atoms with Crippen LogP contribution >= 0.6 is 23.1 Å². The quantitative estimate of drug-likeness (QED) is 0.0524. The van der Waals surface area contributed by atoms with Crippen LogP contribution in [0.4, 0.5) is 5.13 Å². The van der Waals surface area contributed by atoms with Gasteiger partial charge < -0.3 is 25.9 Å². The number of anilines is 1. The summed E-state index contributed by atoms with van der Waals surface area (Å²) in [7, 11) is -4.92. The molecule has 2 aliphatic rings. The molecular weight excluding hydrogens is 611 g/mol. The molecule has 6 N–H and O–H groups in total. The van der Waals surface area contributed by atoms with E-state index in [-0.39, 0.29) is 91.1 Å². The van der Waals surface area contributed by atoms with Gasteiger partial charge >= 0.3 is 74.9 Å². The van der Waals surface area contributed by atoms with Crippen molar-refractivity contribution in [2.24, 2.45) is 5.16 Å². The third-order valence-electron chi connectivity index (χ3n) is 3.81. The topological polar surface area (TPSA) is 236 Å². The van der Waals surface area contributed by atoms with E-state index in [2.05, 4.69) is 22.0 Å². The van der Waals surface area contributed by atoms with Crippen molar-refractivity contribution in [2.75, 3.05) is 11.5 Å². The summed E-state index contributed by atoms with van der Waals surface area (Å²) in [6.07, 6.45) is 1.40. The number of allylic oxidation sites excluding steroid dienone is 1. The molecule has 2 aliphatic heterocycles. The fourth-order valence-corrected chi connectivity index (χ4v) is 4.51. The Morgan fingerprint density at radius 1 is 1.47 bits per heavy atom. The molecule has 3 rings (SSSR count). The van der Waals surface area contributed by atoms with Crippen molar-refractivity contribution in [2.45, 2.75) is 11.4 Å². The van der Waals surface area contributed by atoms with Crippen molar-refractivity contribution in [1.29, 1.82) is 0 Å². The third-order valence-corrected chi connectivity index (χ3v) is 5.79. The van der Waals surface area contributed by atoms with E-state index in [0.717, 1.165) is 16.2 Å². The van der Waals surface area contributed by atoms with E-state index in [1.165, 1.54) is 23.2 Å². The van der Waals surface area contributed by atoms with Crippen LogP contribution in [-0.4, -0.2) is 78.4 Å². The van der Waals surface area contributed by atoms with Gasteiger partial charge in [-0.25, -0.2) is 18.2 Å². The molecule has 2 atom stereocenters. The Hall–Kier alpha value is -0.938. The Morgan fingerprint density at radius 2 is 2.06 bits per heavy atom. The standard InChI is InChI=1S/C14H13N5O5S2.Cs.H2O4S/c1-2-5-3-25-12-8(11(21)19(12)9(5)13(22)23)17-10(20)7(18-24)6-4-26-14(15)16-6;;1-5(2,3)4/h2,4,8,12,24H,1,3H2,(H2,15,16)(H,17,20)(H,22,23);;(H2,1,2,3,4)/q;+1;/p-1/t8-,12-;;/m1../s1. The van der Waals surface area contributed by atoms with Gasteiger partial charge in [0.2, 0.25) is 10.4 Å². The average molecular weight is 625 g/mol. The number of nitrogens with two attached hydrogens (primary N) is 1. The van der Waals surface area contributed by atoms with Gasteiger partial charge in [0.25, 0.3) is 11.8 Å². The van der Waals surface area contributed by atoms with Crippen molar-refractivity contribution in [3.63, 3.8) is 0 Å². The summed E-state index contributed by atoms with van der Waals surface area (Å²) in [6.45, 7) is 3.56. The molecule has 1 saturated heterocycles. The number of hydrogen-bond donors (Lipinski definition) is 5. The number of nitrogens with zero attached hydrogens (tertiary/aromatic N) is 3. The molecule has 0 unspecified atom stereocenters. The Morgan fingerprint density at radius 3 is 2.50 bits per heavy atom. The van der Waals surface area contributed by atoms with E-state index in [4.69, 9.17) is 28.5 Å². The van der Waals surface area contributed by atoms with Crippen LogP contribution in [0, 0.1) is 0 Å². The minimum atomic E-state index is -4.92. The van der Waals surface area contributed by atoms with Crippen molar-refractivity contribution < 1.29 is 111 Å². The summed E-state index contributed by atoms with van der Waals surface area (Å²) >= 11 is 2.37. The zero-order valence-corrected chi connectivity index (χ0v) is 24.9. The molecule has 0 radical (unpaired) electrons. The smallest absolute Gasteiger partial charge is 0.726 e. The predicted octanol–water partition coefficient (Wildman–Crippen LogP) is -4.16. The number of thiazole rings is 1. The van der Waals surface area contributed by atoms with Gasteiger partial charge in [-0.3, -0.25) is 19.0 Å². The van der Waals surface area contributed by atoms with Crippen molar-refractivity contribution in [3.05, 3.63) is 35.0 Å². The van der Waals surface area contributed by atoms with Crippen LogP contribution < -0.4 is 79.9 Å². The largest absolute Gasteiger partial charge is 1.00 e. The fourth-order valence-electron chi connectivity index (χ4n) is 2.62. The number of fused-ring (bicyclic) bond motifs is 1. The molecule has 0 aliphatic carbocycles. The Kier molecular flexibility index (Phi) is 10.9. The molecule has 2 amide bonds. The monoisotopic (exact) mass is 625 g/mol. The molecule has 0 bridgehead atoms. The van der Waals surface area contributed by atoms with Crippen molar-refractivity contribution in [3.8, 4) is 0 Å². The minimum absolute atomic E-state index is 0. The van der Waals surface area contributed by atoms with Gasteiger partial charge in [0.1, 0.15) is 22.8 Å². The molecule has 0 spiro atoms. The van der Waals surface area contributed by atoms with Gasteiger partial charge in [0.05, 0.1) is 0 Å². The van der Waals surface area contributed by atoms with E-state index >= 15 is 0 Å². The van der Waals surface area contributed by atoms with E-state index in [9.17, 15) is 19.5 Å². The van der Waals surface area contributed by atoms with Gasteiger partial charge in [-0.1, -0.05) is 17.8 Å². The summed E-state index contributed by atoms with van der Waals surface area (Å²) in [5, 5.41) is 24.9. The third kappa shape index (κ3) is 7.03. The number of nitrogens with one attached hydrogen (secondary N) is 1. The summed E-state index contributed by atoms with van der Waals surface area (Å²) in [5.74, 6) is -2.27. The number of nitrogen functional groups attached to an aromatic ring is 1. The zero-order chi connectivity index (χ0) is 23.5. The number of carboxylic acid groups (broad SMARTS) is 1. The summed E-state index contributed by atoms with van der Waals surface area (Å²) in [4.78, 5) is 41.2. The predicted molar refractivity (Wildman–Crippen MR) is 107 cm³/mol. The van der Waals surface area contributed by atoms with Gasteiger partial charge in [-0.05, 0) is 5.57 Å². The second kappa shape index (κ2) is 12.0. The second-order valence-corrected chi connectivity index (χ2v) is 8.54. The average Bonchev–Trinajstić information content (AvgIpc) is 3.09. The van der Waals surface area contributed by atoms with E-state index in [1.807, 2.05) is 0 Å². The maximum absolute atomic E-state index is 12.4. The molecule has 168 valence electrons. The Labute approximate surface area is 248 Å². The van der Waals surface area contributed by atoms with Crippen molar-refractivity contribution >= 4 is 62.1 Å². The summed E-state index contributed by atoms with van der Waals surface area (Å²) in [5.41, 5.74) is 5.49. The molecule has 32 heavy (non-hydrogen) atoms. The maximum atomic E-state index is 12.4. The fraction of sp³-hybridized carbons (Fsp3) is 0.214. The Balaban J connectivity index is 0.000000770. The molecule has 18 heteroatoms. The number of amides is 2. The number of aromatic nitrogens is 1. The van der Waals surface area contributed by atoms with E-state index < -0.39 is 39.6 Å². The number of rotatable bonds is 5. The summed E-state index contributed by atoms with van der Waals surface area (Å²) < 4.78 is 32.8. The molecular formula is C14H14CsN5O9S3. The first-order valence-corrected chi connectivity index (χ1v) is 11.1. The number of carboxylic acids is 1. The number of thioether (sulfide) groups is 1. The first-order valence-electron chi connectivity index (χ1n) is 7.85. The molecule has 0 saturated carbocycles. The van der Waals surface area contributed by atoms with Crippen LogP contribution in [0.15, 0.2) is 34.5 Å². The first kappa shape index (κ1) is 29.1. The number of hydrogen-bond acceptors (Lipinski definition) is 12. The normalized spacial score (nSPS) is 20.1. The van der Waals surface area contributed by atoms with E-state index in [1.54, 1.807) is 0 Å². The van der Waals surface area contributed by atoms with Gasteiger partial charge in [-0.2, -0.15) is 0 Å². The van der Waals surface area contributed by atoms with Gasteiger partial charge in [0.15, 0.2) is 10.8 Å². The second-order valence-electron chi connectivity index (χ2n) is 5.69. The SMILES string of the molecule is C=CC1=C(C(=O)O)N2C(=O)[C@@H](NC(=O)C(=NO)c3csc(N)n3)[C@H]2SC1.O=S(=O)([O-])O.[Cs+]. The minimum Gasteiger partial charge on any atom is -0.726 e. The van der Waals surface area contributed by atoms with Crippen LogP contribution in [-0.2, 0) is 24.8 Å². The van der Waals surface area contributed by atoms with Gasteiger partial charge in [0, 0.05) is 11.1 Å². The number of carbonyl (C=O) groups excluding carboxylic acids is 2. The molecule has 3 heterocycles. The molecule has 1 aromatic rings. The van der Waals surface area contributed by atoms with E-state index in [0.29, 0.717) is 11.3 Å². The Bertz CT molecular complexity index is 1090. The van der Waals surface area contributed by atoms with Gasteiger partial charge in [-0.15, -0.1) is 23.1 Å². The molecule has 14 nitrogen and oxygen atoms in total. The number of β-lactam (4-membered cyclic amide) rings is 1. The zero-order valence-electron chi connectivity index (χ0n) is 16.2. The van der Waals surface area contributed by atoms with Crippen LogP contribution in [0.2, 0.25) is 0 Å². The van der Waals surface area contributed by atoms with Crippen LogP contribution in [0.25, 0.3) is 0 Å². The molecule has 0 aromatic carbocycles. The number of aliphatic carboxylic acids is 1.